The van der Waals surface area contributed by atoms with Gasteiger partial charge in [0.1, 0.15) is 13.5 Å². The van der Waals surface area contributed by atoms with E-state index in [1.165, 1.54) is 154 Å². The molecular weight excluding hydrogens is 624 g/mol. The van der Waals surface area contributed by atoms with Crippen LogP contribution in [0.15, 0.2) is 24.3 Å². The molecule has 1 aromatic carbocycles. The van der Waals surface area contributed by atoms with Crippen molar-refractivity contribution in [1.29, 1.82) is 0 Å². The van der Waals surface area contributed by atoms with E-state index in [2.05, 4.69) is 24.5 Å². The van der Waals surface area contributed by atoms with Crippen molar-refractivity contribution in [3.05, 3.63) is 24.3 Å². The zero-order valence-corrected chi connectivity index (χ0v) is 33.1. The van der Waals surface area contributed by atoms with Crippen molar-refractivity contribution in [2.24, 2.45) is 0 Å². The molecule has 0 aromatic heterocycles. The largest absolute Gasteiger partial charge is 0.433 e. The number of amides is 2. The third-order valence-corrected chi connectivity index (χ3v) is 9.50. The fourth-order valence-electron chi connectivity index (χ4n) is 6.21. The quantitative estimate of drug-likeness (QED) is 0.0549. The molecule has 8 nitrogen and oxygen atoms in total. The molecule has 0 saturated carbocycles. The van der Waals surface area contributed by atoms with E-state index in [1.807, 2.05) is 23.9 Å². The predicted molar refractivity (Wildman–Crippen MR) is 213 cm³/mol. The lowest BCUT2D eigenvalue weighted by molar-refractivity contribution is 0.0917. The molecule has 0 bridgehead atoms. The minimum Gasteiger partial charge on any atom is -0.433 e. The molecule has 0 aliphatic carbocycles. The normalized spacial score (nSPS) is 11.3. The number of ether oxygens (including phenoxy) is 2. The van der Waals surface area contributed by atoms with Gasteiger partial charge < -0.3 is 9.47 Å². The highest BCUT2D eigenvalue weighted by atomic mass is 16.6. The number of anilines is 2. The molecule has 0 atom stereocenters. The minimum absolute atomic E-state index is 0.253. The first kappa shape index (κ1) is 45.7. The number of nitrogens with one attached hydrogen (secondary N) is 2. The number of unbranched alkanes of at least 4 members (excludes halogenated alkanes) is 24. The summed E-state index contributed by atoms with van der Waals surface area (Å²) in [6.07, 6.45) is 33.8. The highest BCUT2D eigenvalue weighted by Crippen LogP contribution is 2.16. The van der Waals surface area contributed by atoms with Crippen molar-refractivity contribution < 1.29 is 19.1 Å². The molecular formula is C42H78N4O4. The molecule has 0 radical (unpaired) electrons. The Bertz CT molecular complexity index is 841. The number of hydrogen-bond donors (Lipinski definition) is 2. The summed E-state index contributed by atoms with van der Waals surface area (Å²) in [7, 11) is 3.95. The maximum atomic E-state index is 12.3. The smallest absolute Gasteiger partial charge is 0.412 e. The van der Waals surface area contributed by atoms with Gasteiger partial charge in [0.05, 0.1) is 0 Å². The van der Waals surface area contributed by atoms with Gasteiger partial charge in [0.25, 0.3) is 0 Å². The summed E-state index contributed by atoms with van der Waals surface area (Å²) in [5, 5.41) is 5.50. The van der Waals surface area contributed by atoms with Crippen LogP contribution in [0.1, 0.15) is 181 Å². The number of carbonyl (C=O) groups is 2. The summed E-state index contributed by atoms with van der Waals surface area (Å²) < 4.78 is 10.8. The summed E-state index contributed by atoms with van der Waals surface area (Å²) >= 11 is 0. The van der Waals surface area contributed by atoms with Crippen molar-refractivity contribution in [2.75, 3.05) is 51.3 Å². The van der Waals surface area contributed by atoms with Crippen LogP contribution in [0.3, 0.4) is 0 Å². The van der Waals surface area contributed by atoms with Gasteiger partial charge in [0, 0.05) is 24.5 Å². The molecule has 290 valence electrons. The molecule has 0 spiro atoms. The Morgan fingerprint density at radius 3 is 0.940 bits per heavy atom. The van der Waals surface area contributed by atoms with Gasteiger partial charge in [0.15, 0.2) is 0 Å². The Morgan fingerprint density at radius 1 is 0.440 bits per heavy atom. The number of nitrogens with zero attached hydrogens (tertiary/aromatic N) is 2. The second kappa shape index (κ2) is 33.8. The van der Waals surface area contributed by atoms with Gasteiger partial charge in [-0.2, -0.15) is 0 Å². The summed E-state index contributed by atoms with van der Waals surface area (Å²) in [4.78, 5) is 28.6. The second-order valence-electron chi connectivity index (χ2n) is 14.6. The van der Waals surface area contributed by atoms with Crippen LogP contribution < -0.4 is 10.6 Å². The molecule has 0 heterocycles. The lowest BCUT2D eigenvalue weighted by atomic mass is 10.0. The maximum absolute atomic E-state index is 12.3. The third kappa shape index (κ3) is 29.4. The van der Waals surface area contributed by atoms with E-state index in [9.17, 15) is 9.59 Å². The van der Waals surface area contributed by atoms with Gasteiger partial charge in [-0.3, -0.25) is 20.4 Å². The molecule has 1 aromatic rings. The molecule has 8 heteroatoms. The van der Waals surface area contributed by atoms with Gasteiger partial charge in [-0.1, -0.05) is 168 Å². The summed E-state index contributed by atoms with van der Waals surface area (Å²) in [6, 6.07) is 6.92. The molecule has 0 fully saturated rings. The number of rotatable bonds is 34. The van der Waals surface area contributed by atoms with E-state index < -0.39 is 12.2 Å². The third-order valence-electron chi connectivity index (χ3n) is 9.50. The van der Waals surface area contributed by atoms with Crippen LogP contribution in [0.25, 0.3) is 0 Å². The summed E-state index contributed by atoms with van der Waals surface area (Å²) in [5.74, 6) is 0. The van der Waals surface area contributed by atoms with Crippen molar-refractivity contribution in [2.45, 2.75) is 181 Å². The van der Waals surface area contributed by atoms with Gasteiger partial charge in [-0.05, 0) is 51.2 Å². The fourth-order valence-corrected chi connectivity index (χ4v) is 6.21. The van der Waals surface area contributed by atoms with E-state index in [0.717, 1.165) is 25.9 Å². The zero-order valence-electron chi connectivity index (χ0n) is 33.1. The topological polar surface area (TPSA) is 83.1 Å². The van der Waals surface area contributed by atoms with Crippen LogP contribution in [0.2, 0.25) is 0 Å². The number of benzene rings is 1. The van der Waals surface area contributed by atoms with Crippen LogP contribution >= 0.6 is 0 Å². The molecule has 0 aliphatic rings. The maximum Gasteiger partial charge on any atom is 0.412 e. The number of carbonyl (C=O) groups excluding carboxylic acids is 2. The lowest BCUT2D eigenvalue weighted by Crippen LogP contribution is -2.27. The van der Waals surface area contributed by atoms with Crippen LogP contribution in [0, 0.1) is 0 Å². The monoisotopic (exact) mass is 703 g/mol. The Hall–Kier alpha value is -2.32. The van der Waals surface area contributed by atoms with Crippen LogP contribution in [-0.2, 0) is 9.47 Å². The van der Waals surface area contributed by atoms with Gasteiger partial charge in [0.2, 0.25) is 0 Å². The molecule has 0 saturated heterocycles. The molecule has 1 rings (SSSR count). The predicted octanol–water partition coefficient (Wildman–Crippen LogP) is 12.7. The van der Waals surface area contributed by atoms with Crippen LogP contribution in [0.4, 0.5) is 21.0 Å². The standard InChI is InChI=1S/C42H78N4O4/c1-5-7-9-11-13-15-17-19-21-23-25-27-29-35-45(3)37-49-41(47)43-39-31-33-40(34-32-39)44-42(48)50-38-46(4)36-30-28-26-24-22-20-18-16-14-12-10-8-6-2/h31-34H,5-30,35-38H2,1-4H3,(H,43,47)(H,44,48). The van der Waals surface area contributed by atoms with Gasteiger partial charge >= 0.3 is 12.2 Å². The van der Waals surface area contributed by atoms with Crippen molar-refractivity contribution >= 4 is 23.6 Å². The van der Waals surface area contributed by atoms with Gasteiger partial charge in [-0.25, -0.2) is 9.59 Å². The lowest BCUT2D eigenvalue weighted by Gasteiger charge is -2.17. The average Bonchev–Trinajstić information content (AvgIpc) is 3.11. The first-order chi connectivity index (χ1) is 24.4. The van der Waals surface area contributed by atoms with Crippen molar-refractivity contribution in [1.82, 2.24) is 9.80 Å². The first-order valence-electron chi connectivity index (χ1n) is 20.8. The van der Waals surface area contributed by atoms with E-state index in [-0.39, 0.29) is 13.5 Å². The van der Waals surface area contributed by atoms with Crippen LogP contribution in [0.5, 0.6) is 0 Å². The average molecular weight is 703 g/mol. The van der Waals surface area contributed by atoms with Crippen LogP contribution in [-0.4, -0.2) is 62.6 Å². The SMILES string of the molecule is CCCCCCCCCCCCCCCN(C)COC(=O)Nc1ccc(NC(=O)OCN(C)CCCCCCCCCCCCCCC)cc1. The second-order valence-corrected chi connectivity index (χ2v) is 14.6. The van der Waals surface area contributed by atoms with E-state index in [4.69, 9.17) is 9.47 Å². The summed E-state index contributed by atoms with van der Waals surface area (Å²) in [6.45, 7) is 6.88. The molecule has 2 amide bonds. The Balaban J connectivity index is 2.01. The van der Waals surface area contributed by atoms with E-state index in [1.54, 1.807) is 24.3 Å². The Labute approximate surface area is 308 Å². The highest BCUT2D eigenvalue weighted by Gasteiger charge is 2.08. The summed E-state index contributed by atoms with van der Waals surface area (Å²) in [5.41, 5.74) is 1.20. The highest BCUT2D eigenvalue weighted by molar-refractivity contribution is 5.87. The van der Waals surface area contributed by atoms with Crippen molar-refractivity contribution in [3.8, 4) is 0 Å². The molecule has 50 heavy (non-hydrogen) atoms. The van der Waals surface area contributed by atoms with E-state index >= 15 is 0 Å². The Kier molecular flexibility index (Phi) is 30.9. The first-order valence-corrected chi connectivity index (χ1v) is 20.8. The minimum atomic E-state index is -0.492. The fraction of sp³-hybridized carbons (Fsp3) is 0.810. The van der Waals surface area contributed by atoms with E-state index in [0.29, 0.717) is 11.4 Å². The molecule has 0 unspecified atom stereocenters. The Morgan fingerprint density at radius 2 is 0.680 bits per heavy atom. The van der Waals surface area contributed by atoms with Gasteiger partial charge in [-0.15, -0.1) is 0 Å². The van der Waals surface area contributed by atoms with Crippen molar-refractivity contribution in [3.63, 3.8) is 0 Å². The zero-order chi connectivity index (χ0) is 36.3. The molecule has 0 aliphatic heterocycles. The number of hydrogen-bond acceptors (Lipinski definition) is 6. The molecule has 2 N–H and O–H groups in total.